The molecule has 0 saturated heterocycles. The van der Waals surface area contributed by atoms with Gasteiger partial charge in [-0.05, 0) is 37.5 Å². The fraction of sp³-hybridized carbons (Fsp3) is 0.381. The SMILES string of the molecule is CCCNC(=O)Cn1c(=O)cc(C(F)(F)F)c2c(C)nn(-c3ccc(CC)cc3)c21. The summed E-state index contributed by atoms with van der Waals surface area (Å²) in [7, 11) is 0. The highest BCUT2D eigenvalue weighted by molar-refractivity contribution is 5.86. The molecule has 160 valence electrons. The van der Waals surface area contributed by atoms with E-state index in [-0.39, 0.29) is 16.7 Å². The molecule has 1 N–H and O–H groups in total. The number of hydrogen-bond acceptors (Lipinski definition) is 3. The molecule has 3 aromatic rings. The van der Waals surface area contributed by atoms with Crippen LogP contribution >= 0.6 is 0 Å². The average molecular weight is 420 g/mol. The van der Waals surface area contributed by atoms with Crippen molar-refractivity contribution in [3.05, 3.63) is 57.5 Å². The number of aryl methyl sites for hydroxylation is 2. The molecule has 0 radical (unpaired) electrons. The highest BCUT2D eigenvalue weighted by atomic mass is 19.4. The summed E-state index contributed by atoms with van der Waals surface area (Å²) in [6.45, 7) is 5.34. The Morgan fingerprint density at radius 1 is 1.17 bits per heavy atom. The van der Waals surface area contributed by atoms with Gasteiger partial charge in [-0.25, -0.2) is 4.68 Å². The van der Waals surface area contributed by atoms with Gasteiger partial charge in [0.05, 0.1) is 22.3 Å². The molecule has 0 fully saturated rings. The summed E-state index contributed by atoms with van der Waals surface area (Å²) in [4.78, 5) is 24.9. The van der Waals surface area contributed by atoms with Crippen molar-refractivity contribution in [3.63, 3.8) is 0 Å². The average Bonchev–Trinajstić information content (AvgIpc) is 3.04. The lowest BCUT2D eigenvalue weighted by Crippen LogP contribution is -2.34. The van der Waals surface area contributed by atoms with Gasteiger partial charge in [0.25, 0.3) is 5.56 Å². The lowest BCUT2D eigenvalue weighted by molar-refractivity contribution is -0.136. The third-order valence-corrected chi connectivity index (χ3v) is 4.86. The van der Waals surface area contributed by atoms with Gasteiger partial charge in [-0.2, -0.15) is 18.3 Å². The molecule has 2 heterocycles. The Morgan fingerprint density at radius 3 is 2.40 bits per heavy atom. The quantitative estimate of drug-likeness (QED) is 0.663. The van der Waals surface area contributed by atoms with E-state index in [2.05, 4.69) is 10.4 Å². The number of aromatic nitrogens is 3. The number of alkyl halides is 3. The van der Waals surface area contributed by atoms with Gasteiger partial charge in [-0.15, -0.1) is 0 Å². The van der Waals surface area contributed by atoms with Crippen molar-refractivity contribution in [2.45, 2.75) is 46.3 Å². The maximum absolute atomic E-state index is 13.7. The second-order valence-electron chi connectivity index (χ2n) is 7.05. The number of benzene rings is 1. The number of halogens is 3. The van der Waals surface area contributed by atoms with Gasteiger partial charge in [0.2, 0.25) is 5.91 Å². The minimum atomic E-state index is -4.73. The fourth-order valence-electron chi connectivity index (χ4n) is 3.35. The normalized spacial score (nSPS) is 11.8. The number of amides is 1. The van der Waals surface area contributed by atoms with Crippen molar-refractivity contribution in [1.29, 1.82) is 0 Å². The number of hydrogen-bond donors (Lipinski definition) is 1. The van der Waals surface area contributed by atoms with E-state index in [4.69, 9.17) is 0 Å². The van der Waals surface area contributed by atoms with Crippen LogP contribution in [-0.4, -0.2) is 26.8 Å². The van der Waals surface area contributed by atoms with Gasteiger partial charge in [0.1, 0.15) is 12.2 Å². The standard InChI is InChI=1S/C21H23F3N4O2/c1-4-10-25-17(29)12-27-18(30)11-16(21(22,23)24)19-13(3)26-28(20(19)27)15-8-6-14(5-2)7-9-15/h6-9,11H,4-5,10,12H2,1-3H3,(H,25,29). The maximum Gasteiger partial charge on any atom is 0.417 e. The van der Waals surface area contributed by atoms with Crippen LogP contribution in [0.3, 0.4) is 0 Å². The van der Waals surface area contributed by atoms with Crippen molar-refractivity contribution < 1.29 is 18.0 Å². The molecule has 6 nitrogen and oxygen atoms in total. The molecule has 1 aromatic carbocycles. The molecule has 0 aliphatic carbocycles. The Bertz CT molecular complexity index is 1130. The summed E-state index contributed by atoms with van der Waals surface area (Å²) in [5, 5.41) is 6.74. The van der Waals surface area contributed by atoms with Crippen molar-refractivity contribution in [3.8, 4) is 5.69 Å². The van der Waals surface area contributed by atoms with Crippen LogP contribution in [0.1, 0.15) is 37.1 Å². The zero-order chi connectivity index (χ0) is 22.1. The zero-order valence-electron chi connectivity index (χ0n) is 17.0. The van der Waals surface area contributed by atoms with Crippen molar-refractivity contribution in [2.75, 3.05) is 6.54 Å². The molecule has 0 aliphatic rings. The number of carbonyl (C=O) groups is 1. The number of carbonyl (C=O) groups excluding carboxylic acids is 1. The van der Waals surface area contributed by atoms with Gasteiger partial charge >= 0.3 is 6.18 Å². The van der Waals surface area contributed by atoms with Crippen LogP contribution in [0, 0.1) is 6.92 Å². The molecule has 1 amide bonds. The fourth-order valence-corrected chi connectivity index (χ4v) is 3.35. The Kier molecular flexibility index (Phi) is 6.00. The molecule has 0 saturated carbocycles. The van der Waals surface area contributed by atoms with Crippen LogP contribution in [0.5, 0.6) is 0 Å². The van der Waals surface area contributed by atoms with Crippen molar-refractivity contribution in [2.24, 2.45) is 0 Å². The van der Waals surface area contributed by atoms with Gasteiger partial charge < -0.3 is 5.32 Å². The second kappa shape index (κ2) is 8.33. The van der Waals surface area contributed by atoms with E-state index in [1.165, 1.54) is 11.6 Å². The Balaban J connectivity index is 2.30. The lowest BCUT2D eigenvalue weighted by atomic mass is 10.1. The van der Waals surface area contributed by atoms with E-state index >= 15 is 0 Å². The summed E-state index contributed by atoms with van der Waals surface area (Å²) in [5.41, 5.74) is -0.330. The maximum atomic E-state index is 13.7. The van der Waals surface area contributed by atoms with E-state index in [1.54, 1.807) is 12.1 Å². The molecule has 2 aromatic heterocycles. The second-order valence-corrected chi connectivity index (χ2v) is 7.05. The van der Waals surface area contributed by atoms with E-state index in [0.29, 0.717) is 24.7 Å². The first-order valence-corrected chi connectivity index (χ1v) is 9.73. The van der Waals surface area contributed by atoms with Crippen LogP contribution in [0.25, 0.3) is 16.7 Å². The first-order valence-electron chi connectivity index (χ1n) is 9.73. The molecular weight excluding hydrogens is 397 g/mol. The molecule has 0 bridgehead atoms. The molecule has 30 heavy (non-hydrogen) atoms. The summed E-state index contributed by atoms with van der Waals surface area (Å²) in [6.07, 6.45) is -3.23. The van der Waals surface area contributed by atoms with Gasteiger partial charge in [-0.3, -0.25) is 14.2 Å². The highest BCUT2D eigenvalue weighted by Crippen LogP contribution is 2.36. The van der Waals surface area contributed by atoms with E-state index in [0.717, 1.165) is 16.6 Å². The summed E-state index contributed by atoms with van der Waals surface area (Å²) < 4.78 is 43.4. The van der Waals surface area contributed by atoms with Crippen LogP contribution in [0.2, 0.25) is 0 Å². The Hall–Kier alpha value is -3.10. The van der Waals surface area contributed by atoms with E-state index in [9.17, 15) is 22.8 Å². The minimum Gasteiger partial charge on any atom is -0.355 e. The summed E-state index contributed by atoms with van der Waals surface area (Å²) in [5.74, 6) is -0.452. The van der Waals surface area contributed by atoms with Crippen LogP contribution in [0.4, 0.5) is 13.2 Å². The first-order chi connectivity index (χ1) is 14.2. The first kappa shape index (κ1) is 21.6. The van der Waals surface area contributed by atoms with Gasteiger partial charge in [0, 0.05) is 12.6 Å². The third kappa shape index (κ3) is 4.10. The smallest absolute Gasteiger partial charge is 0.355 e. The minimum absolute atomic E-state index is 0.0526. The number of fused-ring (bicyclic) bond motifs is 1. The molecule has 9 heteroatoms. The van der Waals surface area contributed by atoms with Gasteiger partial charge in [-0.1, -0.05) is 26.0 Å². The van der Waals surface area contributed by atoms with Crippen molar-refractivity contribution >= 4 is 16.9 Å². The largest absolute Gasteiger partial charge is 0.417 e. The molecular formula is C21H23F3N4O2. The topological polar surface area (TPSA) is 68.9 Å². The number of nitrogens with zero attached hydrogens (tertiary/aromatic N) is 3. The number of rotatable bonds is 6. The molecule has 0 unspecified atom stereocenters. The molecule has 0 atom stereocenters. The van der Waals surface area contributed by atoms with E-state index in [1.807, 2.05) is 26.0 Å². The predicted molar refractivity (Wildman–Crippen MR) is 108 cm³/mol. The number of nitrogens with one attached hydrogen (secondary N) is 1. The lowest BCUT2D eigenvalue weighted by Gasteiger charge is -2.15. The summed E-state index contributed by atoms with van der Waals surface area (Å²) in [6, 6.07) is 7.70. The monoisotopic (exact) mass is 420 g/mol. The van der Waals surface area contributed by atoms with Crippen LogP contribution in [-0.2, 0) is 23.9 Å². The molecule has 3 rings (SSSR count). The Labute approximate surface area is 171 Å². The molecule has 0 spiro atoms. The summed E-state index contributed by atoms with van der Waals surface area (Å²) >= 11 is 0. The Morgan fingerprint density at radius 2 is 1.83 bits per heavy atom. The van der Waals surface area contributed by atoms with Crippen LogP contribution < -0.4 is 10.9 Å². The zero-order valence-corrected chi connectivity index (χ0v) is 17.0. The highest BCUT2D eigenvalue weighted by Gasteiger charge is 2.36. The molecule has 0 aliphatic heterocycles. The van der Waals surface area contributed by atoms with Crippen LogP contribution in [0.15, 0.2) is 35.1 Å². The number of pyridine rings is 1. The van der Waals surface area contributed by atoms with Crippen molar-refractivity contribution in [1.82, 2.24) is 19.7 Å². The van der Waals surface area contributed by atoms with Gasteiger partial charge in [0.15, 0.2) is 0 Å². The predicted octanol–water partition coefficient (Wildman–Crippen LogP) is 3.60. The third-order valence-electron chi connectivity index (χ3n) is 4.86. The van der Waals surface area contributed by atoms with E-state index < -0.39 is 29.8 Å².